The fourth-order valence-corrected chi connectivity index (χ4v) is 1.93. The van der Waals surface area contributed by atoms with E-state index >= 15 is 0 Å². The van der Waals surface area contributed by atoms with Crippen LogP contribution in [-0.2, 0) is 6.42 Å². The number of hydrogen-bond donors (Lipinski definition) is 2. The fraction of sp³-hybridized carbons (Fsp3) is 0.133. The lowest BCUT2D eigenvalue weighted by Crippen LogP contribution is -2.26. The van der Waals surface area contributed by atoms with E-state index in [1.54, 1.807) is 0 Å². The lowest BCUT2D eigenvalue weighted by atomic mass is 10.1. The van der Waals surface area contributed by atoms with E-state index < -0.39 is 4.92 Å². The molecule has 0 spiro atoms. The zero-order chi connectivity index (χ0) is 15.2. The molecule has 0 radical (unpaired) electrons. The number of nitrogens with zero attached hydrogens (tertiary/aromatic N) is 1. The number of non-ortho nitro benzene ring substituents is 1. The summed E-state index contributed by atoms with van der Waals surface area (Å²) in [7, 11) is 0. The number of benzene rings is 2. The first-order chi connectivity index (χ1) is 10.1. The molecular formula is C15H15N3O3. The third-order valence-electron chi connectivity index (χ3n) is 3.03. The maximum atomic E-state index is 12.0. The van der Waals surface area contributed by atoms with Gasteiger partial charge < -0.3 is 11.1 Å². The maximum absolute atomic E-state index is 12.0. The van der Waals surface area contributed by atoms with Crippen LogP contribution in [0.25, 0.3) is 0 Å². The first-order valence-corrected chi connectivity index (χ1v) is 6.44. The Labute approximate surface area is 121 Å². The number of nitrogens with two attached hydrogens (primary N) is 1. The minimum atomic E-state index is -0.548. The molecule has 2 aromatic carbocycles. The molecule has 6 nitrogen and oxygen atoms in total. The number of carbonyl (C=O) groups is 1. The van der Waals surface area contributed by atoms with Crippen LogP contribution in [0.4, 0.5) is 11.4 Å². The number of rotatable bonds is 5. The fourth-order valence-electron chi connectivity index (χ4n) is 1.93. The highest BCUT2D eigenvalue weighted by Gasteiger charge is 2.13. The van der Waals surface area contributed by atoms with Crippen molar-refractivity contribution in [2.24, 2.45) is 0 Å². The van der Waals surface area contributed by atoms with Gasteiger partial charge in [-0.25, -0.2) is 0 Å². The van der Waals surface area contributed by atoms with Gasteiger partial charge in [-0.15, -0.1) is 0 Å². The number of amides is 1. The molecule has 21 heavy (non-hydrogen) atoms. The quantitative estimate of drug-likeness (QED) is 0.499. The summed E-state index contributed by atoms with van der Waals surface area (Å²) in [6, 6.07) is 13.6. The predicted octanol–water partition coefficient (Wildman–Crippen LogP) is 2.15. The summed E-state index contributed by atoms with van der Waals surface area (Å²) in [5, 5.41) is 13.4. The molecule has 1 amide bonds. The van der Waals surface area contributed by atoms with Crippen molar-refractivity contribution in [3.8, 4) is 0 Å². The lowest BCUT2D eigenvalue weighted by Gasteiger charge is -2.07. The van der Waals surface area contributed by atoms with Crippen molar-refractivity contribution in [2.75, 3.05) is 12.3 Å². The summed E-state index contributed by atoms with van der Waals surface area (Å²) < 4.78 is 0. The molecule has 0 aromatic heterocycles. The zero-order valence-corrected chi connectivity index (χ0v) is 11.3. The van der Waals surface area contributed by atoms with Gasteiger partial charge in [-0.3, -0.25) is 14.9 Å². The van der Waals surface area contributed by atoms with E-state index in [1.807, 2.05) is 30.3 Å². The van der Waals surface area contributed by atoms with Crippen molar-refractivity contribution in [3.63, 3.8) is 0 Å². The zero-order valence-electron chi connectivity index (χ0n) is 11.3. The molecule has 2 aromatic rings. The number of anilines is 1. The molecule has 3 N–H and O–H groups in total. The highest BCUT2D eigenvalue weighted by molar-refractivity contribution is 5.99. The molecule has 0 bridgehead atoms. The van der Waals surface area contributed by atoms with Crippen molar-refractivity contribution in [1.82, 2.24) is 5.32 Å². The molecule has 6 heteroatoms. The van der Waals surface area contributed by atoms with Crippen LogP contribution in [0.15, 0.2) is 48.5 Å². The number of hydrogen-bond acceptors (Lipinski definition) is 4. The van der Waals surface area contributed by atoms with Crippen LogP contribution in [-0.4, -0.2) is 17.4 Å². The van der Waals surface area contributed by atoms with Gasteiger partial charge in [-0.1, -0.05) is 30.3 Å². The van der Waals surface area contributed by atoms with Crippen LogP contribution < -0.4 is 11.1 Å². The molecule has 0 unspecified atom stereocenters. The van der Waals surface area contributed by atoms with E-state index in [2.05, 4.69) is 5.32 Å². The van der Waals surface area contributed by atoms with Gasteiger partial charge in [0.25, 0.3) is 11.6 Å². The standard InChI is InChI=1S/C15H15N3O3/c16-14-10-12(18(20)21)6-7-13(14)15(19)17-9-8-11-4-2-1-3-5-11/h1-7,10H,8-9,16H2,(H,17,19). The highest BCUT2D eigenvalue weighted by Crippen LogP contribution is 2.19. The summed E-state index contributed by atoms with van der Waals surface area (Å²) in [6.07, 6.45) is 0.708. The Bertz CT molecular complexity index is 656. The van der Waals surface area contributed by atoms with E-state index in [1.165, 1.54) is 18.2 Å². The topological polar surface area (TPSA) is 98.3 Å². The SMILES string of the molecule is Nc1cc([N+](=O)[O-])ccc1C(=O)NCCc1ccccc1. The summed E-state index contributed by atoms with van der Waals surface area (Å²) in [5.74, 6) is -0.335. The summed E-state index contributed by atoms with van der Waals surface area (Å²) in [6.45, 7) is 0.472. The Morgan fingerprint density at radius 1 is 1.19 bits per heavy atom. The van der Waals surface area contributed by atoms with Crippen LogP contribution in [0.1, 0.15) is 15.9 Å². The van der Waals surface area contributed by atoms with Crippen LogP contribution in [0.5, 0.6) is 0 Å². The first-order valence-electron chi connectivity index (χ1n) is 6.44. The smallest absolute Gasteiger partial charge is 0.271 e. The Kier molecular flexibility index (Phi) is 4.50. The average molecular weight is 285 g/mol. The summed E-state index contributed by atoms with van der Waals surface area (Å²) in [4.78, 5) is 22.0. The van der Waals surface area contributed by atoms with Crippen LogP contribution >= 0.6 is 0 Å². The molecule has 0 saturated heterocycles. The highest BCUT2D eigenvalue weighted by atomic mass is 16.6. The number of nitrogen functional groups attached to an aromatic ring is 1. The van der Waals surface area contributed by atoms with E-state index in [-0.39, 0.29) is 22.8 Å². The van der Waals surface area contributed by atoms with Gasteiger partial charge in [0.05, 0.1) is 16.2 Å². The normalized spacial score (nSPS) is 10.1. The van der Waals surface area contributed by atoms with Gasteiger partial charge >= 0.3 is 0 Å². The molecule has 108 valence electrons. The van der Waals surface area contributed by atoms with Gasteiger partial charge in [-0.2, -0.15) is 0 Å². The van der Waals surface area contributed by atoms with E-state index in [0.717, 1.165) is 5.56 Å². The maximum Gasteiger partial charge on any atom is 0.271 e. The minimum Gasteiger partial charge on any atom is -0.398 e. The number of carbonyl (C=O) groups excluding carboxylic acids is 1. The van der Waals surface area contributed by atoms with E-state index in [0.29, 0.717) is 13.0 Å². The van der Waals surface area contributed by atoms with Crippen molar-refractivity contribution < 1.29 is 9.72 Å². The predicted molar refractivity (Wildman–Crippen MR) is 80.0 cm³/mol. The van der Waals surface area contributed by atoms with E-state index in [4.69, 9.17) is 5.73 Å². The first kappa shape index (κ1) is 14.5. The van der Waals surface area contributed by atoms with Crippen molar-refractivity contribution in [1.29, 1.82) is 0 Å². The van der Waals surface area contributed by atoms with Crippen molar-refractivity contribution in [3.05, 3.63) is 69.8 Å². The molecule has 2 rings (SSSR count). The van der Waals surface area contributed by atoms with Gasteiger partial charge in [0.1, 0.15) is 0 Å². The third-order valence-corrected chi connectivity index (χ3v) is 3.03. The Morgan fingerprint density at radius 2 is 1.90 bits per heavy atom. The second-order valence-corrected chi connectivity index (χ2v) is 4.52. The average Bonchev–Trinajstić information content (AvgIpc) is 2.48. The Balaban J connectivity index is 1.96. The minimum absolute atomic E-state index is 0.0985. The molecule has 0 saturated carbocycles. The van der Waals surface area contributed by atoms with Crippen LogP contribution in [0.2, 0.25) is 0 Å². The second kappa shape index (κ2) is 6.51. The Hall–Kier alpha value is -2.89. The van der Waals surface area contributed by atoms with Gasteiger partial charge in [0.15, 0.2) is 0 Å². The molecule has 0 aliphatic rings. The molecule has 0 heterocycles. The number of nitrogens with one attached hydrogen (secondary N) is 1. The van der Waals surface area contributed by atoms with E-state index in [9.17, 15) is 14.9 Å². The second-order valence-electron chi connectivity index (χ2n) is 4.52. The van der Waals surface area contributed by atoms with Crippen molar-refractivity contribution in [2.45, 2.75) is 6.42 Å². The molecule has 0 aliphatic carbocycles. The third kappa shape index (κ3) is 3.79. The monoisotopic (exact) mass is 285 g/mol. The summed E-state index contributed by atoms with van der Waals surface area (Å²) in [5.41, 5.74) is 7.01. The molecule has 0 atom stereocenters. The van der Waals surface area contributed by atoms with Gasteiger partial charge in [0, 0.05) is 18.7 Å². The molecule has 0 fully saturated rings. The lowest BCUT2D eigenvalue weighted by molar-refractivity contribution is -0.384. The van der Waals surface area contributed by atoms with Gasteiger partial charge in [-0.05, 0) is 18.1 Å². The summed E-state index contributed by atoms with van der Waals surface area (Å²) >= 11 is 0. The van der Waals surface area contributed by atoms with Crippen molar-refractivity contribution >= 4 is 17.3 Å². The number of nitro benzene ring substituents is 1. The molecular weight excluding hydrogens is 270 g/mol. The van der Waals surface area contributed by atoms with Crippen LogP contribution in [0, 0.1) is 10.1 Å². The number of nitro groups is 1. The van der Waals surface area contributed by atoms with Gasteiger partial charge in [0.2, 0.25) is 0 Å². The Morgan fingerprint density at radius 3 is 2.52 bits per heavy atom. The largest absolute Gasteiger partial charge is 0.398 e. The molecule has 0 aliphatic heterocycles. The van der Waals surface area contributed by atoms with Crippen LogP contribution in [0.3, 0.4) is 0 Å².